The third kappa shape index (κ3) is 52.9. The van der Waals surface area contributed by atoms with E-state index in [2.05, 4.69) is 0 Å². The number of carbonyl (C=O) groups is 3. The molecule has 31 heavy (non-hydrogen) atoms. The van der Waals surface area contributed by atoms with Gasteiger partial charge in [-0.2, -0.15) is 0 Å². The summed E-state index contributed by atoms with van der Waals surface area (Å²) in [7, 11) is 0. The molecule has 9 nitrogen and oxygen atoms in total. The number of hydrogen-bond acceptors (Lipinski definition) is 9. The summed E-state index contributed by atoms with van der Waals surface area (Å²) in [6.07, 6.45) is 10.1. The van der Waals surface area contributed by atoms with Crippen LogP contribution in [-0.2, 0) is 14.4 Å². The molecule has 0 aromatic carbocycles. The third-order valence-electron chi connectivity index (χ3n) is 3.87. The molecule has 0 atom stereocenters. The molecule has 0 aromatic heterocycles. The number of aliphatic carboxylic acids is 3. The minimum atomic E-state index is -0.982. The van der Waals surface area contributed by atoms with E-state index in [1.165, 1.54) is 0 Å². The van der Waals surface area contributed by atoms with Crippen LogP contribution in [0.15, 0.2) is 0 Å². The zero-order valence-corrected chi connectivity index (χ0v) is 21.9. The molecule has 0 saturated heterocycles. The van der Waals surface area contributed by atoms with Crippen LogP contribution < -0.4 is 15.3 Å². The summed E-state index contributed by atoms with van der Waals surface area (Å²) in [6.45, 7) is 0.599. The Kier molecular flexibility index (Phi) is 40.9. The maximum absolute atomic E-state index is 9.87. The number of unbranched alkanes of at least 4 members (excludes halogenated alkanes) is 9. The van der Waals surface area contributed by atoms with Gasteiger partial charge in [-0.15, -0.1) is 0 Å². The van der Waals surface area contributed by atoms with Gasteiger partial charge in [-0.1, -0.05) is 38.5 Å². The molecule has 0 aliphatic rings. The molecule has 0 unspecified atom stereocenters. The minimum Gasteiger partial charge on any atom is -0.550 e. The second-order valence-corrected chi connectivity index (χ2v) is 6.78. The number of aliphatic hydroxyl groups is 3. The van der Waals surface area contributed by atoms with Crippen molar-refractivity contribution >= 4 is 44.1 Å². The average molecular weight is 645 g/mol. The van der Waals surface area contributed by atoms with E-state index in [1.807, 2.05) is 0 Å². The quantitative estimate of drug-likeness (QED) is 0.120. The Morgan fingerprint density at radius 2 is 0.613 bits per heavy atom. The molecule has 0 fully saturated rings. The van der Waals surface area contributed by atoms with Crippen LogP contribution in [0.1, 0.15) is 96.3 Å². The molecule has 0 heterocycles. The number of carboxylic acid groups (broad SMARTS) is 3. The fourth-order valence-electron chi connectivity index (χ4n) is 2.20. The minimum absolute atomic E-state index is 0. The van der Waals surface area contributed by atoms with Gasteiger partial charge in [0, 0.05) is 37.7 Å². The van der Waals surface area contributed by atoms with Gasteiger partial charge in [0.2, 0.25) is 0 Å². The van der Waals surface area contributed by atoms with Crippen LogP contribution in [0.4, 0.5) is 0 Å². The van der Waals surface area contributed by atoms with Gasteiger partial charge >= 0.3 is 26.2 Å². The van der Waals surface area contributed by atoms with Crippen LogP contribution >= 0.6 is 0 Å². The monoisotopic (exact) mass is 644 g/mol. The first-order valence-corrected chi connectivity index (χ1v) is 10.7. The summed E-state index contributed by atoms with van der Waals surface area (Å²) < 4.78 is 0. The Morgan fingerprint density at radius 3 is 0.774 bits per heavy atom. The summed E-state index contributed by atoms with van der Waals surface area (Å²) in [5.74, 6) is -2.95. The number of carboxylic acids is 3. The van der Waals surface area contributed by atoms with Gasteiger partial charge in [-0.25, -0.2) is 0 Å². The van der Waals surface area contributed by atoms with Gasteiger partial charge in [-0.3, -0.25) is 0 Å². The maximum atomic E-state index is 9.87. The second-order valence-electron chi connectivity index (χ2n) is 6.78. The largest absolute Gasteiger partial charge is 3.00 e. The van der Waals surface area contributed by atoms with Gasteiger partial charge in [-0.05, 0) is 57.8 Å². The van der Waals surface area contributed by atoms with E-state index in [0.29, 0.717) is 19.3 Å². The predicted octanol–water partition coefficient (Wildman–Crippen LogP) is -1.34. The van der Waals surface area contributed by atoms with Crippen molar-refractivity contribution in [2.24, 2.45) is 0 Å². The zero-order valence-electron chi connectivity index (χ0n) is 18.5. The van der Waals surface area contributed by atoms with Gasteiger partial charge in [0.1, 0.15) is 0 Å². The third-order valence-corrected chi connectivity index (χ3v) is 3.87. The topological polar surface area (TPSA) is 181 Å². The number of rotatable bonds is 18. The van der Waals surface area contributed by atoms with Crippen LogP contribution in [-0.4, -0.2) is 79.3 Å². The SMILES string of the molecule is O=C([O-])CCCCCCO.O=C([O-])CCCCCCO.O=C([O-])CCCCCCO.[Bi+3]. The van der Waals surface area contributed by atoms with Crippen molar-refractivity contribution in [1.82, 2.24) is 0 Å². The average Bonchev–Trinajstić information content (AvgIpc) is 2.68. The molecular weight excluding hydrogens is 605 g/mol. The van der Waals surface area contributed by atoms with Crippen molar-refractivity contribution in [3.63, 3.8) is 0 Å². The summed E-state index contributed by atoms with van der Waals surface area (Å²) in [4.78, 5) is 29.6. The summed E-state index contributed by atoms with van der Waals surface area (Å²) >= 11 is 0. The second kappa shape index (κ2) is 33.8. The first kappa shape index (κ1) is 37.5. The molecule has 0 amide bonds. The molecule has 0 bridgehead atoms. The Balaban J connectivity index is -0.000000174. The van der Waals surface area contributed by atoms with Gasteiger partial charge in [0.05, 0.1) is 0 Å². The Morgan fingerprint density at radius 1 is 0.419 bits per heavy atom. The first-order valence-electron chi connectivity index (χ1n) is 10.7. The van der Waals surface area contributed by atoms with E-state index in [1.54, 1.807) is 0 Å². The van der Waals surface area contributed by atoms with E-state index < -0.39 is 17.9 Å². The van der Waals surface area contributed by atoms with Crippen molar-refractivity contribution < 1.29 is 45.0 Å². The zero-order chi connectivity index (χ0) is 23.5. The van der Waals surface area contributed by atoms with Crippen molar-refractivity contribution in [3.05, 3.63) is 0 Å². The fourth-order valence-corrected chi connectivity index (χ4v) is 2.20. The van der Waals surface area contributed by atoms with E-state index in [-0.39, 0.29) is 65.3 Å². The van der Waals surface area contributed by atoms with Crippen LogP contribution in [0.2, 0.25) is 0 Å². The molecule has 0 spiro atoms. The van der Waals surface area contributed by atoms with Crippen LogP contribution in [0.25, 0.3) is 0 Å². The molecule has 0 aliphatic carbocycles. The summed E-state index contributed by atoms with van der Waals surface area (Å²) in [5, 5.41) is 54.7. The molecule has 182 valence electrons. The van der Waals surface area contributed by atoms with Crippen molar-refractivity contribution in [2.45, 2.75) is 96.3 Å². The Labute approximate surface area is 205 Å². The van der Waals surface area contributed by atoms with Crippen LogP contribution in [0.3, 0.4) is 0 Å². The van der Waals surface area contributed by atoms with E-state index in [0.717, 1.165) is 57.8 Å². The molecule has 0 saturated carbocycles. The van der Waals surface area contributed by atoms with Gasteiger partial charge in [0.25, 0.3) is 0 Å². The molecule has 0 aromatic rings. The number of carbonyl (C=O) groups excluding carboxylic acids is 3. The van der Waals surface area contributed by atoms with Crippen molar-refractivity contribution in [2.75, 3.05) is 19.8 Å². The normalized spacial score (nSPS) is 9.39. The Hall–Kier alpha value is -0.827. The Bertz CT molecular complexity index is 336. The summed E-state index contributed by atoms with van der Waals surface area (Å²) in [6, 6.07) is 0. The van der Waals surface area contributed by atoms with E-state index >= 15 is 0 Å². The first-order chi connectivity index (χ1) is 14.3. The summed E-state index contributed by atoms with van der Waals surface area (Å²) in [5.41, 5.74) is 0. The smallest absolute Gasteiger partial charge is 0.550 e. The van der Waals surface area contributed by atoms with Crippen molar-refractivity contribution in [1.29, 1.82) is 0 Å². The van der Waals surface area contributed by atoms with Crippen LogP contribution in [0.5, 0.6) is 0 Å². The molecule has 10 heteroatoms. The molecule has 2 radical (unpaired) electrons. The molecular formula is C21H39BiO9. The van der Waals surface area contributed by atoms with E-state index in [4.69, 9.17) is 15.3 Å². The van der Waals surface area contributed by atoms with Crippen molar-refractivity contribution in [3.8, 4) is 0 Å². The van der Waals surface area contributed by atoms with Crippen LogP contribution in [0, 0.1) is 0 Å². The molecule has 0 aliphatic heterocycles. The predicted molar refractivity (Wildman–Crippen MR) is 111 cm³/mol. The van der Waals surface area contributed by atoms with E-state index in [9.17, 15) is 29.7 Å². The van der Waals surface area contributed by atoms with Gasteiger partial charge < -0.3 is 45.0 Å². The molecule has 3 N–H and O–H groups in total. The standard InChI is InChI=1S/3C7H14O3.Bi/c3*8-6-4-2-1-3-5-7(9)10;/h3*8H,1-6H2,(H,9,10);/q;;;+3/p-3. The maximum Gasteiger partial charge on any atom is 3.00 e. The van der Waals surface area contributed by atoms with Gasteiger partial charge in [0.15, 0.2) is 0 Å². The molecule has 0 rings (SSSR count). The fraction of sp³-hybridized carbons (Fsp3) is 0.857. The number of aliphatic hydroxyl groups excluding tert-OH is 3. The number of hydrogen-bond donors (Lipinski definition) is 3.